The second-order valence-electron chi connectivity index (χ2n) is 10.6. The van der Waals surface area contributed by atoms with E-state index in [2.05, 4.69) is 6.92 Å². The highest BCUT2D eigenvalue weighted by Gasteiger charge is 2.46. The Kier molecular flexibility index (Phi) is 8.62. The molecule has 1 N–H and O–H groups in total. The molecule has 2 heterocycles. The van der Waals surface area contributed by atoms with Gasteiger partial charge in [0.1, 0.15) is 17.6 Å². The van der Waals surface area contributed by atoms with Gasteiger partial charge in [-0.15, -0.1) is 0 Å². The number of fused-ring (bicyclic) bond motifs is 1. The van der Waals surface area contributed by atoms with E-state index in [1.165, 1.54) is 4.90 Å². The number of hydrogen-bond acceptors (Lipinski definition) is 6. The zero-order valence-electron chi connectivity index (χ0n) is 23.9. The first kappa shape index (κ1) is 28.3. The quantitative estimate of drug-likeness (QED) is 0.124. The van der Waals surface area contributed by atoms with Gasteiger partial charge in [-0.25, -0.2) is 0 Å². The number of unbranched alkanes of at least 4 members (excludes halogenated alkanes) is 2. The molecule has 5 rings (SSSR count). The third kappa shape index (κ3) is 5.94. The maximum absolute atomic E-state index is 13.6. The Bertz CT molecular complexity index is 1450. The van der Waals surface area contributed by atoms with Crippen molar-refractivity contribution < 1.29 is 28.9 Å². The summed E-state index contributed by atoms with van der Waals surface area (Å²) in [7, 11) is 0. The van der Waals surface area contributed by atoms with Crippen LogP contribution >= 0.6 is 0 Å². The number of hydrogen-bond donors (Lipinski definition) is 1. The third-order valence-corrected chi connectivity index (χ3v) is 7.49. The topological polar surface area (TPSA) is 85.3 Å². The minimum atomic E-state index is -0.813. The van der Waals surface area contributed by atoms with Gasteiger partial charge in [0.25, 0.3) is 11.7 Å². The van der Waals surface area contributed by atoms with Crippen molar-refractivity contribution in [2.45, 2.75) is 65.1 Å². The van der Waals surface area contributed by atoms with Crippen molar-refractivity contribution in [1.29, 1.82) is 0 Å². The molecule has 3 aromatic rings. The molecule has 2 atom stereocenters. The molecule has 2 aliphatic heterocycles. The Morgan fingerprint density at radius 2 is 1.78 bits per heavy atom. The van der Waals surface area contributed by atoms with E-state index in [4.69, 9.17) is 14.2 Å². The first-order valence-corrected chi connectivity index (χ1v) is 14.4. The second kappa shape index (κ2) is 12.5. The number of Topliss-reactive ketones (excluding diaryl/α,β-unsaturated/α-hetero) is 1. The standard InChI is InChI=1S/C34H37NO6/c1-4-6-10-17-40-28-16-13-24(20-29(28)39-5-2)31-30(32(36)25-14-15-27-26(19-25)18-22(3)41-27)33(37)34(38)35(31)21-23-11-8-7-9-12-23/h7-9,11-16,19-20,22,31,36H,4-6,10,17-18,21H2,1-3H3/t22-,31-/m1/s1. The molecule has 7 nitrogen and oxygen atoms in total. The van der Waals surface area contributed by atoms with Crippen LogP contribution in [-0.4, -0.2) is 41.0 Å². The second-order valence-corrected chi connectivity index (χ2v) is 10.6. The fourth-order valence-corrected chi connectivity index (χ4v) is 5.51. The normalized spacial score (nSPS) is 19.2. The number of amides is 1. The van der Waals surface area contributed by atoms with Crippen LogP contribution in [0, 0.1) is 0 Å². The summed E-state index contributed by atoms with van der Waals surface area (Å²) in [6.07, 6.45) is 3.85. The number of nitrogens with zero attached hydrogens (tertiary/aromatic N) is 1. The number of rotatable bonds is 11. The molecule has 0 aromatic heterocycles. The molecular weight excluding hydrogens is 518 g/mol. The Morgan fingerprint density at radius 3 is 2.54 bits per heavy atom. The number of ether oxygens (including phenoxy) is 3. The van der Waals surface area contributed by atoms with E-state index < -0.39 is 17.7 Å². The molecule has 1 amide bonds. The van der Waals surface area contributed by atoms with Gasteiger partial charge in [-0.05, 0) is 67.3 Å². The van der Waals surface area contributed by atoms with Crippen molar-refractivity contribution in [2.24, 2.45) is 0 Å². The Balaban J connectivity index is 1.59. The van der Waals surface area contributed by atoms with E-state index in [9.17, 15) is 14.7 Å². The molecule has 214 valence electrons. The lowest BCUT2D eigenvalue weighted by Crippen LogP contribution is -2.29. The molecule has 0 bridgehead atoms. The molecule has 1 saturated heterocycles. The Morgan fingerprint density at radius 1 is 0.976 bits per heavy atom. The molecule has 0 unspecified atom stereocenters. The van der Waals surface area contributed by atoms with Gasteiger partial charge >= 0.3 is 0 Å². The van der Waals surface area contributed by atoms with Crippen LogP contribution in [0.1, 0.15) is 68.3 Å². The van der Waals surface area contributed by atoms with E-state index in [0.717, 1.165) is 36.1 Å². The summed E-state index contributed by atoms with van der Waals surface area (Å²) in [6.45, 7) is 7.23. The first-order chi connectivity index (χ1) is 19.9. The van der Waals surface area contributed by atoms with Crippen LogP contribution < -0.4 is 14.2 Å². The molecular formula is C34H37NO6. The summed E-state index contributed by atoms with van der Waals surface area (Å²) in [5.74, 6) is 0.341. The van der Waals surface area contributed by atoms with Crippen LogP contribution in [0.4, 0.5) is 0 Å². The largest absolute Gasteiger partial charge is 0.507 e. The summed E-state index contributed by atoms with van der Waals surface area (Å²) < 4.78 is 17.8. The molecule has 0 saturated carbocycles. The zero-order chi connectivity index (χ0) is 28.9. The summed E-state index contributed by atoms with van der Waals surface area (Å²) in [6, 6.07) is 19.6. The van der Waals surface area contributed by atoms with Crippen molar-refractivity contribution in [3.05, 3.63) is 94.6 Å². The van der Waals surface area contributed by atoms with Crippen LogP contribution in [0.2, 0.25) is 0 Å². The number of aliphatic hydroxyl groups is 1. The van der Waals surface area contributed by atoms with E-state index in [1.807, 2.05) is 68.4 Å². The van der Waals surface area contributed by atoms with Crippen LogP contribution in [0.25, 0.3) is 5.76 Å². The molecule has 0 radical (unpaired) electrons. The lowest BCUT2D eigenvalue weighted by Gasteiger charge is -2.26. The minimum Gasteiger partial charge on any atom is -0.507 e. The average Bonchev–Trinajstić information content (AvgIpc) is 3.47. The van der Waals surface area contributed by atoms with Gasteiger partial charge < -0.3 is 24.2 Å². The summed E-state index contributed by atoms with van der Waals surface area (Å²) >= 11 is 0. The van der Waals surface area contributed by atoms with Crippen molar-refractivity contribution in [3.63, 3.8) is 0 Å². The molecule has 3 aromatic carbocycles. The highest BCUT2D eigenvalue weighted by Crippen LogP contribution is 2.43. The molecule has 7 heteroatoms. The van der Waals surface area contributed by atoms with Gasteiger partial charge in [0, 0.05) is 18.5 Å². The van der Waals surface area contributed by atoms with Gasteiger partial charge in [-0.1, -0.05) is 56.2 Å². The van der Waals surface area contributed by atoms with Gasteiger partial charge in [0.15, 0.2) is 11.5 Å². The van der Waals surface area contributed by atoms with Gasteiger partial charge in [-0.3, -0.25) is 9.59 Å². The maximum Gasteiger partial charge on any atom is 0.295 e. The lowest BCUT2D eigenvalue weighted by atomic mass is 9.94. The number of carbonyl (C=O) groups excluding carboxylic acids is 2. The number of benzene rings is 3. The number of carbonyl (C=O) groups is 2. The Labute approximate surface area is 241 Å². The maximum atomic E-state index is 13.6. The van der Waals surface area contributed by atoms with Crippen LogP contribution in [0.3, 0.4) is 0 Å². The molecule has 1 fully saturated rings. The average molecular weight is 556 g/mol. The highest BCUT2D eigenvalue weighted by molar-refractivity contribution is 6.46. The van der Waals surface area contributed by atoms with Crippen LogP contribution in [0.5, 0.6) is 17.2 Å². The Hall–Kier alpha value is -4.26. The van der Waals surface area contributed by atoms with E-state index in [1.54, 1.807) is 12.1 Å². The molecule has 0 aliphatic carbocycles. The fourth-order valence-electron chi connectivity index (χ4n) is 5.51. The number of ketones is 1. The summed E-state index contributed by atoms with van der Waals surface area (Å²) in [5, 5.41) is 11.6. The van der Waals surface area contributed by atoms with Crippen LogP contribution in [-0.2, 0) is 22.6 Å². The number of aliphatic hydroxyl groups excluding tert-OH is 1. The van der Waals surface area contributed by atoms with Gasteiger partial charge in [0.05, 0.1) is 24.8 Å². The van der Waals surface area contributed by atoms with Crippen LogP contribution in [0.15, 0.2) is 72.3 Å². The van der Waals surface area contributed by atoms with E-state index >= 15 is 0 Å². The SMILES string of the molecule is CCCCCOc1ccc([C@@H]2C(=C(O)c3ccc4c(c3)C[C@@H](C)O4)C(=O)C(=O)N2Cc2ccccc2)cc1OCC. The smallest absolute Gasteiger partial charge is 0.295 e. The summed E-state index contributed by atoms with van der Waals surface area (Å²) in [4.78, 5) is 28.6. The van der Waals surface area contributed by atoms with Crippen molar-refractivity contribution in [1.82, 2.24) is 4.90 Å². The van der Waals surface area contributed by atoms with Gasteiger partial charge in [-0.2, -0.15) is 0 Å². The molecule has 2 aliphatic rings. The van der Waals surface area contributed by atoms with Gasteiger partial charge in [0.2, 0.25) is 0 Å². The predicted molar refractivity (Wildman–Crippen MR) is 157 cm³/mol. The predicted octanol–water partition coefficient (Wildman–Crippen LogP) is 6.60. The monoisotopic (exact) mass is 555 g/mol. The third-order valence-electron chi connectivity index (χ3n) is 7.49. The minimum absolute atomic E-state index is 0.0403. The molecule has 41 heavy (non-hydrogen) atoms. The van der Waals surface area contributed by atoms with E-state index in [-0.39, 0.29) is 24.0 Å². The van der Waals surface area contributed by atoms with Crippen molar-refractivity contribution in [3.8, 4) is 17.2 Å². The molecule has 0 spiro atoms. The zero-order valence-corrected chi connectivity index (χ0v) is 23.9. The van der Waals surface area contributed by atoms with Crippen molar-refractivity contribution in [2.75, 3.05) is 13.2 Å². The number of likely N-dealkylation sites (tertiary alicyclic amines) is 1. The fraction of sp³-hybridized carbons (Fsp3) is 0.353. The highest BCUT2D eigenvalue weighted by atomic mass is 16.5. The van der Waals surface area contributed by atoms with E-state index in [0.29, 0.717) is 42.3 Å². The summed E-state index contributed by atoms with van der Waals surface area (Å²) in [5.41, 5.74) is 3.02. The lowest BCUT2D eigenvalue weighted by molar-refractivity contribution is -0.140. The first-order valence-electron chi connectivity index (χ1n) is 14.4. The van der Waals surface area contributed by atoms with Crippen molar-refractivity contribution >= 4 is 17.4 Å².